The van der Waals surface area contributed by atoms with Crippen LogP contribution in [0.5, 0.6) is 0 Å². The van der Waals surface area contributed by atoms with Crippen molar-refractivity contribution in [2.24, 2.45) is 0 Å². The van der Waals surface area contributed by atoms with Crippen LogP contribution >= 0.6 is 0 Å². The molecule has 0 aromatic heterocycles. The molecule has 1 aromatic carbocycles. The number of halogens is 3. The van der Waals surface area contributed by atoms with E-state index >= 15 is 0 Å². The molecule has 2 N–H and O–H groups in total. The van der Waals surface area contributed by atoms with Crippen molar-refractivity contribution in [3.8, 4) is 0 Å². The fourth-order valence-corrected chi connectivity index (χ4v) is 2.16. The van der Waals surface area contributed by atoms with Gasteiger partial charge in [0.15, 0.2) is 6.17 Å². The monoisotopic (exact) mass is 345 g/mol. The van der Waals surface area contributed by atoms with Crippen molar-refractivity contribution >= 4 is 6.09 Å². The highest BCUT2D eigenvalue weighted by molar-refractivity contribution is 5.69. The maximum atomic E-state index is 14.8. The van der Waals surface area contributed by atoms with Crippen molar-refractivity contribution in [1.29, 1.82) is 0 Å². The van der Waals surface area contributed by atoms with E-state index in [1.807, 2.05) is 0 Å². The number of nitrogens with one attached hydrogen (secondary N) is 1. The van der Waals surface area contributed by atoms with E-state index in [1.54, 1.807) is 20.8 Å². The van der Waals surface area contributed by atoms with E-state index in [0.29, 0.717) is 0 Å². The summed E-state index contributed by atoms with van der Waals surface area (Å²) >= 11 is 0. The normalized spacial score (nSPS) is 16.7. The van der Waals surface area contributed by atoms with Crippen LogP contribution in [0.2, 0.25) is 0 Å². The molecule has 0 radical (unpaired) electrons. The molecule has 0 saturated heterocycles. The molecule has 7 heteroatoms. The molecule has 1 aromatic rings. The minimum absolute atomic E-state index is 0.261. The summed E-state index contributed by atoms with van der Waals surface area (Å²) in [5, 5.41) is 11.9. The second-order valence-corrected chi connectivity index (χ2v) is 6.60. The number of hydrogen-bond donors (Lipinski definition) is 2. The maximum absolute atomic E-state index is 14.8. The van der Waals surface area contributed by atoms with Crippen LogP contribution in [0, 0.1) is 5.82 Å². The number of alkyl carbamates (subject to hydrolysis) is 1. The molecule has 0 aliphatic carbocycles. The topological polar surface area (TPSA) is 58.6 Å². The van der Waals surface area contributed by atoms with Crippen molar-refractivity contribution < 1.29 is 27.8 Å². The van der Waals surface area contributed by atoms with Crippen LogP contribution in [0.3, 0.4) is 0 Å². The first-order valence-corrected chi connectivity index (χ1v) is 7.31. The molecule has 3 atom stereocenters. The molecule has 0 saturated carbocycles. The average molecular weight is 345 g/mol. The Bertz CT molecular complexity index is 615. The Hall–Kier alpha value is -2.02. The van der Waals surface area contributed by atoms with Crippen molar-refractivity contribution in [2.45, 2.75) is 51.1 Å². The molecule has 134 valence electrons. The van der Waals surface area contributed by atoms with Gasteiger partial charge in [-0.15, -0.1) is 0 Å². The molecule has 1 rings (SSSR count). The van der Waals surface area contributed by atoms with Crippen LogP contribution in [-0.4, -0.2) is 29.1 Å². The van der Waals surface area contributed by atoms with Crippen LogP contribution in [0.15, 0.2) is 36.7 Å². The van der Waals surface area contributed by atoms with Gasteiger partial charge in [-0.2, -0.15) is 0 Å². The third-order valence-electron chi connectivity index (χ3n) is 3.34. The van der Waals surface area contributed by atoms with Gasteiger partial charge in [0.1, 0.15) is 28.9 Å². The Kier molecular flexibility index (Phi) is 6.05. The van der Waals surface area contributed by atoms with E-state index < -0.39 is 41.2 Å². The van der Waals surface area contributed by atoms with Crippen molar-refractivity contribution in [1.82, 2.24) is 5.32 Å². The molecule has 0 spiro atoms. The van der Waals surface area contributed by atoms with Gasteiger partial charge in [-0.3, -0.25) is 0 Å². The molecule has 0 unspecified atom stereocenters. The van der Waals surface area contributed by atoms with Gasteiger partial charge in [0.25, 0.3) is 0 Å². The highest BCUT2D eigenvalue weighted by Gasteiger charge is 2.45. The van der Waals surface area contributed by atoms with Crippen LogP contribution in [0.1, 0.15) is 33.3 Å². The zero-order valence-electron chi connectivity index (χ0n) is 14.1. The molecule has 1 amide bonds. The lowest BCUT2D eigenvalue weighted by Gasteiger charge is -2.36. The van der Waals surface area contributed by atoms with E-state index in [-0.39, 0.29) is 5.56 Å². The van der Waals surface area contributed by atoms with Crippen molar-refractivity contribution in [3.05, 3.63) is 48.1 Å². The predicted molar refractivity (Wildman–Crippen MR) is 84.3 cm³/mol. The van der Waals surface area contributed by atoms with E-state index in [2.05, 4.69) is 11.9 Å². The van der Waals surface area contributed by atoms with Gasteiger partial charge < -0.3 is 15.2 Å². The summed E-state index contributed by atoms with van der Waals surface area (Å²) in [5.74, 6) is -2.16. The van der Waals surface area contributed by atoms with E-state index in [4.69, 9.17) is 4.74 Å². The minimum atomic E-state index is -2.40. The van der Waals surface area contributed by atoms with Gasteiger partial charge >= 0.3 is 6.09 Å². The number of rotatable bonds is 5. The highest BCUT2D eigenvalue weighted by Crippen LogP contribution is 2.33. The third-order valence-corrected chi connectivity index (χ3v) is 3.34. The van der Waals surface area contributed by atoms with Gasteiger partial charge in [-0.25, -0.2) is 18.0 Å². The number of carbonyl (C=O) groups excluding carboxylic acids is 1. The quantitative estimate of drug-likeness (QED) is 0.854. The summed E-state index contributed by atoms with van der Waals surface area (Å²) < 4.78 is 47.1. The number of alkyl halides is 1. The fraction of sp³-hybridized carbons (Fsp3) is 0.471. The molecule has 0 fully saturated rings. The summed E-state index contributed by atoms with van der Waals surface area (Å²) in [5.41, 5.74) is -3.22. The van der Waals surface area contributed by atoms with Crippen LogP contribution in [-0.2, 0) is 10.3 Å². The fourth-order valence-electron chi connectivity index (χ4n) is 2.16. The van der Waals surface area contributed by atoms with Gasteiger partial charge in [0, 0.05) is 5.56 Å². The average Bonchev–Trinajstić information content (AvgIpc) is 2.43. The maximum Gasteiger partial charge on any atom is 0.408 e. The smallest absolute Gasteiger partial charge is 0.408 e. The number of aliphatic hydroxyl groups is 1. The van der Waals surface area contributed by atoms with Crippen molar-refractivity contribution in [3.63, 3.8) is 0 Å². The van der Waals surface area contributed by atoms with Gasteiger partial charge in [-0.05, 0) is 33.8 Å². The van der Waals surface area contributed by atoms with Crippen LogP contribution in [0.25, 0.3) is 0 Å². The lowest BCUT2D eigenvalue weighted by Crippen LogP contribution is -2.55. The second kappa shape index (κ2) is 7.25. The number of aliphatic hydroxyl groups excluding tert-OH is 1. The molecular weight excluding hydrogens is 323 g/mol. The molecule has 4 nitrogen and oxygen atoms in total. The molecule has 24 heavy (non-hydrogen) atoms. The zero-order chi connectivity index (χ0) is 18.7. The number of benzene rings is 1. The third kappa shape index (κ3) is 4.74. The van der Waals surface area contributed by atoms with E-state index in [1.165, 1.54) is 18.2 Å². The molecule has 0 bridgehead atoms. The largest absolute Gasteiger partial charge is 0.444 e. The standard InChI is InChI=1S/C17H22F3NO3/c1-10(18)13(22)14(20)17(5,11-8-6-7-9-12(11)19)21-15(23)24-16(2,3)4/h6-9,13-14,22H,1H2,2-5H3,(H,21,23)/t13-,14+,17-/m1/s1. The Balaban J connectivity index is 3.29. The molecular formula is C17H22F3NO3. The number of hydrogen-bond acceptors (Lipinski definition) is 3. The number of ether oxygens (including phenoxy) is 1. The Morgan fingerprint density at radius 3 is 2.29 bits per heavy atom. The molecule has 0 aliphatic heterocycles. The second-order valence-electron chi connectivity index (χ2n) is 6.60. The number of carbonyl (C=O) groups is 1. The first-order valence-electron chi connectivity index (χ1n) is 7.31. The zero-order valence-corrected chi connectivity index (χ0v) is 14.1. The molecule has 0 aliphatic rings. The first-order chi connectivity index (χ1) is 10.9. The summed E-state index contributed by atoms with van der Waals surface area (Å²) in [4.78, 5) is 12.0. The summed E-state index contributed by atoms with van der Waals surface area (Å²) in [6.07, 6.45) is -5.68. The lowest BCUT2D eigenvalue weighted by molar-refractivity contribution is 0.00940. The summed E-state index contributed by atoms with van der Waals surface area (Å²) in [6.45, 7) is 8.77. The molecule has 0 heterocycles. The summed E-state index contributed by atoms with van der Waals surface area (Å²) in [7, 11) is 0. The summed E-state index contributed by atoms with van der Waals surface area (Å²) in [6, 6.07) is 5.10. The van der Waals surface area contributed by atoms with Gasteiger partial charge in [0.05, 0.1) is 0 Å². The van der Waals surface area contributed by atoms with Gasteiger partial charge in [0.2, 0.25) is 0 Å². The lowest BCUT2D eigenvalue weighted by atomic mass is 9.84. The van der Waals surface area contributed by atoms with Crippen molar-refractivity contribution in [2.75, 3.05) is 0 Å². The SMILES string of the molecule is C=C(F)[C@@H](O)[C@H](F)[C@](C)(NC(=O)OC(C)(C)C)c1ccccc1F. The van der Waals surface area contributed by atoms with Crippen LogP contribution < -0.4 is 5.32 Å². The van der Waals surface area contributed by atoms with Crippen LogP contribution in [0.4, 0.5) is 18.0 Å². The Morgan fingerprint density at radius 1 is 1.29 bits per heavy atom. The van der Waals surface area contributed by atoms with E-state index in [9.17, 15) is 23.1 Å². The van der Waals surface area contributed by atoms with E-state index in [0.717, 1.165) is 13.0 Å². The first kappa shape index (κ1) is 20.0. The Labute approximate surface area is 139 Å². The minimum Gasteiger partial charge on any atom is -0.444 e. The van der Waals surface area contributed by atoms with Gasteiger partial charge in [-0.1, -0.05) is 24.8 Å². The predicted octanol–water partition coefficient (Wildman–Crippen LogP) is 3.75. The Morgan fingerprint density at radius 2 is 1.83 bits per heavy atom. The number of amides is 1. The highest BCUT2D eigenvalue weighted by atomic mass is 19.1.